The summed E-state index contributed by atoms with van der Waals surface area (Å²) in [4.78, 5) is 2.46. The number of nitrogens with zero attached hydrogens (tertiary/aromatic N) is 1. The van der Waals surface area contributed by atoms with Crippen LogP contribution in [-0.2, 0) is 13.1 Å². The smallest absolute Gasteiger partial charge is 0.123 e. The van der Waals surface area contributed by atoms with E-state index in [1.165, 1.54) is 18.1 Å². The summed E-state index contributed by atoms with van der Waals surface area (Å²) in [5.74, 6) is 0.549. The lowest BCUT2D eigenvalue weighted by molar-refractivity contribution is 0.226. The van der Waals surface area contributed by atoms with Gasteiger partial charge >= 0.3 is 0 Å². The van der Waals surface area contributed by atoms with Crippen LogP contribution >= 0.6 is 0 Å². The first-order chi connectivity index (χ1) is 8.90. The highest BCUT2D eigenvalue weighted by Crippen LogP contribution is 2.34. The molecule has 3 heteroatoms. The van der Waals surface area contributed by atoms with Crippen molar-refractivity contribution in [2.45, 2.75) is 40.3 Å². The van der Waals surface area contributed by atoms with Gasteiger partial charge in [-0.2, -0.15) is 0 Å². The third-order valence-corrected chi connectivity index (χ3v) is 4.28. The van der Waals surface area contributed by atoms with Crippen molar-refractivity contribution in [3.63, 3.8) is 0 Å². The molecule has 1 aliphatic heterocycles. The number of nitrogens with two attached hydrogens (primary N) is 1. The monoisotopic (exact) mass is 264 g/mol. The van der Waals surface area contributed by atoms with Crippen molar-refractivity contribution in [1.29, 1.82) is 0 Å². The Morgan fingerprint density at radius 2 is 2.05 bits per heavy atom. The Hall–Kier alpha value is -0.930. The van der Waals surface area contributed by atoms with E-state index in [2.05, 4.69) is 25.7 Å². The predicted molar refractivity (Wildman–Crippen MR) is 77.1 cm³/mol. The molecule has 1 aromatic carbocycles. The first kappa shape index (κ1) is 14.5. The second-order valence-electron chi connectivity index (χ2n) is 6.70. The molecule has 2 nitrogen and oxygen atoms in total. The Kier molecular flexibility index (Phi) is 4.26. The molecule has 19 heavy (non-hydrogen) atoms. The van der Waals surface area contributed by atoms with E-state index in [-0.39, 0.29) is 5.82 Å². The highest BCUT2D eigenvalue weighted by Gasteiger charge is 2.31. The van der Waals surface area contributed by atoms with Crippen molar-refractivity contribution < 1.29 is 4.39 Å². The summed E-state index contributed by atoms with van der Waals surface area (Å²) in [6.45, 7) is 10.5. The molecule has 1 atom stereocenters. The van der Waals surface area contributed by atoms with Gasteiger partial charge in [0, 0.05) is 19.6 Å². The summed E-state index contributed by atoms with van der Waals surface area (Å²) in [7, 11) is 0. The molecule has 0 saturated carbocycles. The molecule has 1 saturated heterocycles. The molecule has 0 spiro atoms. The van der Waals surface area contributed by atoms with E-state index in [1.807, 2.05) is 6.07 Å². The van der Waals surface area contributed by atoms with Crippen molar-refractivity contribution >= 4 is 0 Å². The molecule has 0 aromatic heterocycles. The zero-order chi connectivity index (χ0) is 14.0. The quantitative estimate of drug-likeness (QED) is 0.908. The molecule has 106 valence electrons. The standard InChI is InChI=1S/C16H25FN2/c1-16(2,3)14-6-7-19(11-14)10-12-4-5-15(17)8-13(12)9-18/h4-5,8,14H,6-7,9-11,18H2,1-3H3. The summed E-state index contributed by atoms with van der Waals surface area (Å²) in [5, 5.41) is 0. The van der Waals surface area contributed by atoms with Gasteiger partial charge in [-0.1, -0.05) is 26.8 Å². The van der Waals surface area contributed by atoms with E-state index in [0.717, 1.165) is 31.1 Å². The van der Waals surface area contributed by atoms with Gasteiger partial charge < -0.3 is 5.73 Å². The minimum absolute atomic E-state index is 0.196. The van der Waals surface area contributed by atoms with Gasteiger partial charge in [0.15, 0.2) is 0 Å². The number of rotatable bonds is 3. The number of halogens is 1. The number of hydrogen-bond acceptors (Lipinski definition) is 2. The van der Waals surface area contributed by atoms with E-state index in [9.17, 15) is 4.39 Å². The molecule has 0 radical (unpaired) electrons. The Bertz CT molecular complexity index is 437. The lowest BCUT2D eigenvalue weighted by Gasteiger charge is -2.27. The average Bonchev–Trinajstić information content (AvgIpc) is 2.79. The molecule has 0 amide bonds. The lowest BCUT2D eigenvalue weighted by atomic mass is 9.80. The highest BCUT2D eigenvalue weighted by atomic mass is 19.1. The maximum Gasteiger partial charge on any atom is 0.123 e. The van der Waals surface area contributed by atoms with Crippen LogP contribution in [0.5, 0.6) is 0 Å². The molecule has 2 N–H and O–H groups in total. The van der Waals surface area contributed by atoms with E-state index >= 15 is 0 Å². The average molecular weight is 264 g/mol. The van der Waals surface area contributed by atoms with E-state index in [0.29, 0.717) is 12.0 Å². The van der Waals surface area contributed by atoms with Gasteiger partial charge in [0.25, 0.3) is 0 Å². The van der Waals surface area contributed by atoms with Gasteiger partial charge in [0.2, 0.25) is 0 Å². The number of benzene rings is 1. The van der Waals surface area contributed by atoms with Crippen LogP contribution in [0.25, 0.3) is 0 Å². The second-order valence-corrected chi connectivity index (χ2v) is 6.70. The number of hydrogen-bond donors (Lipinski definition) is 1. The van der Waals surface area contributed by atoms with Crippen molar-refractivity contribution in [3.05, 3.63) is 35.1 Å². The molecule has 1 fully saturated rings. The normalized spacial score (nSPS) is 21.0. The van der Waals surface area contributed by atoms with Gasteiger partial charge in [0.1, 0.15) is 5.82 Å². The summed E-state index contributed by atoms with van der Waals surface area (Å²) in [6.07, 6.45) is 1.25. The van der Waals surface area contributed by atoms with Crippen LogP contribution in [0.3, 0.4) is 0 Å². The molecular weight excluding hydrogens is 239 g/mol. The Balaban J connectivity index is 2.03. The van der Waals surface area contributed by atoms with Crippen molar-refractivity contribution in [1.82, 2.24) is 4.90 Å². The van der Waals surface area contributed by atoms with Crippen LogP contribution in [0.15, 0.2) is 18.2 Å². The maximum atomic E-state index is 13.2. The zero-order valence-corrected chi connectivity index (χ0v) is 12.2. The minimum Gasteiger partial charge on any atom is -0.326 e. The first-order valence-corrected chi connectivity index (χ1v) is 7.10. The Labute approximate surface area is 115 Å². The van der Waals surface area contributed by atoms with Crippen LogP contribution in [0.4, 0.5) is 4.39 Å². The predicted octanol–water partition coefficient (Wildman–Crippen LogP) is 3.15. The third kappa shape index (κ3) is 3.54. The van der Waals surface area contributed by atoms with Crippen molar-refractivity contribution in [2.24, 2.45) is 17.1 Å². The van der Waals surface area contributed by atoms with E-state index < -0.39 is 0 Å². The van der Waals surface area contributed by atoms with Gasteiger partial charge in [-0.05, 0) is 47.6 Å². The zero-order valence-electron chi connectivity index (χ0n) is 12.2. The fourth-order valence-electron chi connectivity index (χ4n) is 2.86. The van der Waals surface area contributed by atoms with E-state index in [4.69, 9.17) is 5.73 Å². The SMILES string of the molecule is CC(C)(C)C1CCN(Cc2ccc(F)cc2CN)C1. The fraction of sp³-hybridized carbons (Fsp3) is 0.625. The van der Waals surface area contributed by atoms with Gasteiger partial charge in [-0.25, -0.2) is 4.39 Å². The Morgan fingerprint density at radius 1 is 1.32 bits per heavy atom. The second kappa shape index (κ2) is 5.59. The fourth-order valence-corrected chi connectivity index (χ4v) is 2.86. The number of likely N-dealkylation sites (tertiary alicyclic amines) is 1. The lowest BCUT2D eigenvalue weighted by Crippen LogP contribution is -2.26. The maximum absolute atomic E-state index is 13.2. The molecule has 1 aromatic rings. The molecule has 1 aliphatic rings. The van der Waals surface area contributed by atoms with Crippen molar-refractivity contribution in [2.75, 3.05) is 13.1 Å². The van der Waals surface area contributed by atoms with Crippen LogP contribution < -0.4 is 5.73 Å². The van der Waals surface area contributed by atoms with Crippen LogP contribution in [0.1, 0.15) is 38.3 Å². The third-order valence-electron chi connectivity index (χ3n) is 4.28. The summed E-state index contributed by atoms with van der Waals surface area (Å²) in [6, 6.07) is 4.97. The molecule has 0 bridgehead atoms. The largest absolute Gasteiger partial charge is 0.326 e. The first-order valence-electron chi connectivity index (χ1n) is 7.10. The van der Waals surface area contributed by atoms with Gasteiger partial charge in [0.05, 0.1) is 0 Å². The minimum atomic E-state index is -0.196. The van der Waals surface area contributed by atoms with Crippen LogP contribution in [0.2, 0.25) is 0 Å². The Morgan fingerprint density at radius 3 is 2.63 bits per heavy atom. The topological polar surface area (TPSA) is 29.3 Å². The summed E-state index contributed by atoms with van der Waals surface area (Å²) < 4.78 is 13.2. The molecule has 1 heterocycles. The van der Waals surface area contributed by atoms with Gasteiger partial charge in [-0.15, -0.1) is 0 Å². The summed E-state index contributed by atoms with van der Waals surface area (Å²) >= 11 is 0. The molecule has 1 unspecified atom stereocenters. The van der Waals surface area contributed by atoms with Gasteiger partial charge in [-0.3, -0.25) is 4.90 Å². The molecular formula is C16H25FN2. The van der Waals surface area contributed by atoms with E-state index in [1.54, 1.807) is 6.07 Å². The molecule has 0 aliphatic carbocycles. The van der Waals surface area contributed by atoms with Crippen LogP contribution in [-0.4, -0.2) is 18.0 Å². The highest BCUT2D eigenvalue weighted by molar-refractivity contribution is 5.27. The summed E-state index contributed by atoms with van der Waals surface area (Å²) in [5.41, 5.74) is 8.17. The van der Waals surface area contributed by atoms with Crippen molar-refractivity contribution in [3.8, 4) is 0 Å². The van der Waals surface area contributed by atoms with Crippen LogP contribution in [0, 0.1) is 17.2 Å². The molecule has 2 rings (SSSR count).